The normalized spacial score (nSPS) is 25.6. The second-order valence-electron chi connectivity index (χ2n) is 11.5. The van der Waals surface area contributed by atoms with Crippen LogP contribution >= 0.6 is 0 Å². The number of imidazole rings is 1. The highest BCUT2D eigenvalue weighted by Crippen LogP contribution is 2.33. The summed E-state index contributed by atoms with van der Waals surface area (Å²) in [6.07, 6.45) is 10.9. The van der Waals surface area contributed by atoms with Crippen molar-refractivity contribution in [3.63, 3.8) is 0 Å². The van der Waals surface area contributed by atoms with Gasteiger partial charge in [-0.05, 0) is 102 Å². The first kappa shape index (κ1) is 24.1. The SMILES string of the molecule is CN1CCC[C@H]1CN1CCCC(Cn2c(CN(C)[C@H]3CCCc4cccnc43)nc3ccccc32)C1. The summed E-state index contributed by atoms with van der Waals surface area (Å²) in [5.41, 5.74) is 5.11. The summed E-state index contributed by atoms with van der Waals surface area (Å²) in [6.45, 7) is 6.91. The Morgan fingerprint density at radius 1 is 0.972 bits per heavy atom. The summed E-state index contributed by atoms with van der Waals surface area (Å²) in [4.78, 5) is 17.8. The van der Waals surface area contributed by atoms with Gasteiger partial charge in [-0.3, -0.25) is 9.88 Å². The molecule has 4 heterocycles. The molecule has 6 heteroatoms. The second kappa shape index (κ2) is 10.6. The number of aryl methyl sites for hydroxylation is 1. The first-order valence-electron chi connectivity index (χ1n) is 14.2. The maximum absolute atomic E-state index is 5.16. The smallest absolute Gasteiger partial charge is 0.124 e. The Bertz CT molecular complexity index is 1170. The van der Waals surface area contributed by atoms with Crippen LogP contribution in [0.1, 0.15) is 61.6 Å². The number of benzene rings is 1. The molecule has 0 amide bonds. The van der Waals surface area contributed by atoms with E-state index in [1.807, 2.05) is 6.20 Å². The quantitative estimate of drug-likeness (QED) is 0.482. The van der Waals surface area contributed by atoms with Crippen molar-refractivity contribution in [3.8, 4) is 0 Å². The zero-order chi connectivity index (χ0) is 24.5. The molecule has 192 valence electrons. The number of nitrogens with zero attached hydrogens (tertiary/aromatic N) is 6. The standard InChI is InChI=1S/C30H42N6/c1-33-17-8-12-25(33)21-35-18-7-9-23(19-35)20-36-27-14-4-3-13-26(27)32-29(36)22-34(2)28-15-5-10-24-11-6-16-31-30(24)28/h3-4,6,11,13-14,16,23,25,28H,5,7-10,12,15,17-22H2,1-2H3/t23?,25-,28-/m0/s1. The minimum Gasteiger partial charge on any atom is -0.327 e. The summed E-state index contributed by atoms with van der Waals surface area (Å²) in [5.74, 6) is 1.89. The highest BCUT2D eigenvalue weighted by Gasteiger charge is 2.29. The summed E-state index contributed by atoms with van der Waals surface area (Å²) >= 11 is 0. The molecule has 0 radical (unpaired) electrons. The van der Waals surface area contributed by atoms with Crippen molar-refractivity contribution in [3.05, 3.63) is 59.7 Å². The Hall–Kier alpha value is -2.28. The predicted octanol–water partition coefficient (Wildman–Crippen LogP) is 4.75. The van der Waals surface area contributed by atoms with Crippen molar-refractivity contribution >= 4 is 11.0 Å². The fourth-order valence-corrected chi connectivity index (χ4v) is 7.03. The third-order valence-electron chi connectivity index (χ3n) is 9.01. The van der Waals surface area contributed by atoms with Gasteiger partial charge in [-0.2, -0.15) is 0 Å². The van der Waals surface area contributed by atoms with E-state index in [-0.39, 0.29) is 0 Å². The number of likely N-dealkylation sites (tertiary alicyclic amines) is 2. The summed E-state index contributed by atoms with van der Waals surface area (Å²) in [7, 11) is 4.57. The topological polar surface area (TPSA) is 40.4 Å². The van der Waals surface area contributed by atoms with Gasteiger partial charge in [-0.25, -0.2) is 4.98 Å². The molecule has 2 saturated heterocycles. The third-order valence-corrected chi connectivity index (χ3v) is 9.01. The van der Waals surface area contributed by atoms with Gasteiger partial charge in [0.1, 0.15) is 5.82 Å². The lowest BCUT2D eigenvalue weighted by Crippen LogP contribution is -2.44. The molecule has 2 fully saturated rings. The molecule has 3 atom stereocenters. The Balaban J connectivity index is 1.20. The van der Waals surface area contributed by atoms with Crippen LogP contribution in [0.5, 0.6) is 0 Å². The van der Waals surface area contributed by atoms with Crippen molar-refractivity contribution in [2.24, 2.45) is 5.92 Å². The molecule has 3 aromatic rings. The first-order chi connectivity index (χ1) is 17.7. The van der Waals surface area contributed by atoms with Crippen LogP contribution in [0.2, 0.25) is 0 Å². The van der Waals surface area contributed by atoms with E-state index in [2.05, 4.69) is 69.8 Å². The summed E-state index contributed by atoms with van der Waals surface area (Å²) in [5, 5.41) is 0. The zero-order valence-corrected chi connectivity index (χ0v) is 22.1. The largest absolute Gasteiger partial charge is 0.327 e. The lowest BCUT2D eigenvalue weighted by atomic mass is 9.91. The van der Waals surface area contributed by atoms with E-state index in [1.165, 1.54) is 87.3 Å². The van der Waals surface area contributed by atoms with Crippen molar-refractivity contribution in [2.75, 3.05) is 40.3 Å². The van der Waals surface area contributed by atoms with E-state index in [0.29, 0.717) is 12.0 Å². The number of rotatable bonds is 7. The van der Waals surface area contributed by atoms with Gasteiger partial charge in [0.2, 0.25) is 0 Å². The van der Waals surface area contributed by atoms with Gasteiger partial charge in [-0.15, -0.1) is 0 Å². The predicted molar refractivity (Wildman–Crippen MR) is 146 cm³/mol. The van der Waals surface area contributed by atoms with Gasteiger partial charge in [0.05, 0.1) is 29.3 Å². The third kappa shape index (κ3) is 4.96. The molecule has 36 heavy (non-hydrogen) atoms. The monoisotopic (exact) mass is 486 g/mol. The summed E-state index contributed by atoms with van der Waals surface area (Å²) in [6, 6.07) is 14.2. The molecule has 0 N–H and O–H groups in total. The lowest BCUT2D eigenvalue weighted by Gasteiger charge is -2.36. The van der Waals surface area contributed by atoms with Crippen molar-refractivity contribution < 1.29 is 0 Å². The van der Waals surface area contributed by atoms with Crippen LogP contribution in [0, 0.1) is 5.92 Å². The van der Waals surface area contributed by atoms with Crippen LogP contribution in [0.3, 0.4) is 0 Å². The van der Waals surface area contributed by atoms with E-state index >= 15 is 0 Å². The Labute approximate surface area is 216 Å². The molecule has 6 nitrogen and oxygen atoms in total. The molecule has 2 aromatic heterocycles. The van der Waals surface area contributed by atoms with Gasteiger partial charge in [-0.1, -0.05) is 18.2 Å². The summed E-state index contributed by atoms with van der Waals surface area (Å²) < 4.78 is 2.55. The number of aromatic nitrogens is 3. The molecule has 1 aromatic carbocycles. The fraction of sp³-hybridized carbons (Fsp3) is 0.600. The highest BCUT2D eigenvalue weighted by molar-refractivity contribution is 5.75. The van der Waals surface area contributed by atoms with Crippen LogP contribution in [0.25, 0.3) is 11.0 Å². The van der Waals surface area contributed by atoms with E-state index in [1.54, 1.807) is 0 Å². The molecular formula is C30H42N6. The molecule has 0 bridgehead atoms. The average Bonchev–Trinajstić information content (AvgIpc) is 3.46. The van der Waals surface area contributed by atoms with E-state index in [0.717, 1.165) is 31.1 Å². The van der Waals surface area contributed by atoms with Gasteiger partial charge in [0.15, 0.2) is 0 Å². The maximum Gasteiger partial charge on any atom is 0.124 e. The molecule has 0 spiro atoms. The van der Waals surface area contributed by atoms with Crippen molar-refractivity contribution in [1.82, 2.24) is 29.2 Å². The number of likely N-dealkylation sites (N-methyl/N-ethyl adjacent to an activating group) is 1. The lowest BCUT2D eigenvalue weighted by molar-refractivity contribution is 0.127. The van der Waals surface area contributed by atoms with Crippen molar-refractivity contribution in [1.29, 1.82) is 0 Å². The van der Waals surface area contributed by atoms with E-state index in [9.17, 15) is 0 Å². The number of pyridine rings is 1. The highest BCUT2D eigenvalue weighted by atomic mass is 15.2. The van der Waals surface area contributed by atoms with Gasteiger partial charge >= 0.3 is 0 Å². The number of fused-ring (bicyclic) bond motifs is 2. The number of piperidine rings is 1. The van der Waals surface area contributed by atoms with Crippen LogP contribution in [0.15, 0.2) is 42.6 Å². The molecule has 1 aliphatic carbocycles. The second-order valence-corrected chi connectivity index (χ2v) is 11.5. The van der Waals surface area contributed by atoms with Crippen LogP contribution < -0.4 is 0 Å². The fourth-order valence-electron chi connectivity index (χ4n) is 7.03. The van der Waals surface area contributed by atoms with E-state index in [4.69, 9.17) is 9.97 Å². The van der Waals surface area contributed by atoms with Crippen LogP contribution in [-0.4, -0.2) is 75.6 Å². The Morgan fingerprint density at radius 3 is 2.75 bits per heavy atom. The minimum atomic E-state index is 0.372. The van der Waals surface area contributed by atoms with Gasteiger partial charge in [0, 0.05) is 31.9 Å². The van der Waals surface area contributed by atoms with E-state index < -0.39 is 0 Å². The molecule has 6 rings (SSSR count). The average molecular weight is 487 g/mol. The zero-order valence-electron chi connectivity index (χ0n) is 22.1. The van der Waals surface area contributed by atoms with Crippen LogP contribution in [-0.2, 0) is 19.5 Å². The number of para-hydroxylation sites is 2. The number of hydrogen-bond donors (Lipinski definition) is 0. The molecule has 2 aliphatic heterocycles. The minimum absolute atomic E-state index is 0.372. The Kier molecular flexibility index (Phi) is 7.09. The maximum atomic E-state index is 5.16. The molecule has 3 aliphatic rings. The molecule has 1 unspecified atom stereocenters. The van der Waals surface area contributed by atoms with Crippen molar-refractivity contribution in [2.45, 2.75) is 70.1 Å². The molecule has 0 saturated carbocycles. The Morgan fingerprint density at radius 2 is 1.86 bits per heavy atom. The molecular weight excluding hydrogens is 444 g/mol. The number of hydrogen-bond acceptors (Lipinski definition) is 5. The first-order valence-corrected chi connectivity index (χ1v) is 14.2. The van der Waals surface area contributed by atoms with Gasteiger partial charge < -0.3 is 14.4 Å². The van der Waals surface area contributed by atoms with Crippen LogP contribution in [0.4, 0.5) is 0 Å². The van der Waals surface area contributed by atoms with Gasteiger partial charge in [0.25, 0.3) is 0 Å².